The maximum Gasteiger partial charge on any atom is 0.132 e. The largest absolute Gasteiger partial charge is 0.373 e. The first-order valence-corrected chi connectivity index (χ1v) is 6.51. The summed E-state index contributed by atoms with van der Waals surface area (Å²) in [4.78, 5) is 0. The summed E-state index contributed by atoms with van der Waals surface area (Å²) in [6, 6.07) is 0.360. The minimum atomic E-state index is 0.325. The van der Waals surface area contributed by atoms with Crippen LogP contribution in [0.4, 0.5) is 0 Å². The van der Waals surface area contributed by atoms with Crippen molar-refractivity contribution in [1.82, 2.24) is 9.78 Å². The molecule has 0 bridgehead atoms. The van der Waals surface area contributed by atoms with Gasteiger partial charge in [0.1, 0.15) is 5.15 Å². The standard InChI is InChI=1S/C12H20ClN3O/c1-8-11(12(13)16(2)15-8)7-17-10-5-3-9(14)4-6-10/h9-10H,3-7,14H2,1-2H3. The summed E-state index contributed by atoms with van der Waals surface area (Å²) in [5, 5.41) is 4.95. The molecule has 2 N–H and O–H groups in total. The highest BCUT2D eigenvalue weighted by atomic mass is 35.5. The van der Waals surface area contributed by atoms with E-state index >= 15 is 0 Å². The lowest BCUT2D eigenvalue weighted by Gasteiger charge is -2.26. The second kappa shape index (κ2) is 5.38. The van der Waals surface area contributed by atoms with E-state index in [-0.39, 0.29) is 0 Å². The van der Waals surface area contributed by atoms with E-state index in [0.717, 1.165) is 36.9 Å². The first-order chi connectivity index (χ1) is 8.08. The van der Waals surface area contributed by atoms with E-state index in [0.29, 0.717) is 23.9 Å². The normalized spacial score (nSPS) is 25.2. The Morgan fingerprint density at radius 2 is 2.06 bits per heavy atom. The van der Waals surface area contributed by atoms with Crippen LogP contribution in [0.3, 0.4) is 0 Å². The van der Waals surface area contributed by atoms with Crippen LogP contribution in [-0.2, 0) is 18.4 Å². The molecule has 1 saturated carbocycles. The van der Waals surface area contributed by atoms with Gasteiger partial charge >= 0.3 is 0 Å². The average Bonchev–Trinajstić information content (AvgIpc) is 2.54. The minimum absolute atomic E-state index is 0.325. The first kappa shape index (κ1) is 12.9. The average molecular weight is 258 g/mol. The van der Waals surface area contributed by atoms with E-state index in [1.807, 2.05) is 14.0 Å². The molecule has 2 rings (SSSR count). The zero-order valence-corrected chi connectivity index (χ0v) is 11.2. The van der Waals surface area contributed by atoms with E-state index < -0.39 is 0 Å². The molecule has 5 heteroatoms. The summed E-state index contributed by atoms with van der Waals surface area (Å²) in [6.45, 7) is 2.51. The maximum atomic E-state index is 6.16. The number of ether oxygens (including phenoxy) is 1. The van der Waals surface area contributed by atoms with Crippen molar-refractivity contribution in [2.24, 2.45) is 12.8 Å². The third kappa shape index (κ3) is 3.00. The van der Waals surface area contributed by atoms with Gasteiger partial charge in [-0.3, -0.25) is 4.68 Å². The van der Waals surface area contributed by atoms with E-state index in [4.69, 9.17) is 22.1 Å². The summed E-state index contributed by atoms with van der Waals surface area (Å²) in [7, 11) is 1.85. The van der Waals surface area contributed by atoms with Crippen LogP contribution in [0.25, 0.3) is 0 Å². The summed E-state index contributed by atoms with van der Waals surface area (Å²) in [5.74, 6) is 0. The van der Waals surface area contributed by atoms with Gasteiger partial charge in [-0.25, -0.2) is 0 Å². The molecule has 17 heavy (non-hydrogen) atoms. The summed E-state index contributed by atoms with van der Waals surface area (Å²) < 4.78 is 7.59. The highest BCUT2D eigenvalue weighted by Gasteiger charge is 2.20. The molecule has 1 fully saturated rings. The third-order valence-electron chi connectivity index (χ3n) is 3.45. The Balaban J connectivity index is 1.89. The van der Waals surface area contributed by atoms with Gasteiger partial charge in [0, 0.05) is 18.7 Å². The van der Waals surface area contributed by atoms with Crippen molar-refractivity contribution in [2.45, 2.75) is 51.4 Å². The molecule has 0 aromatic carbocycles. The Hall–Kier alpha value is -0.580. The summed E-state index contributed by atoms with van der Waals surface area (Å²) in [5.41, 5.74) is 7.82. The second-order valence-corrected chi connectivity index (χ2v) is 5.18. The van der Waals surface area contributed by atoms with Gasteiger partial charge in [-0.2, -0.15) is 5.10 Å². The molecule has 1 heterocycles. The number of rotatable bonds is 3. The smallest absolute Gasteiger partial charge is 0.132 e. The number of halogens is 1. The molecule has 0 saturated heterocycles. The van der Waals surface area contributed by atoms with E-state index in [9.17, 15) is 0 Å². The van der Waals surface area contributed by atoms with Crippen molar-refractivity contribution in [3.63, 3.8) is 0 Å². The number of aryl methyl sites for hydroxylation is 2. The van der Waals surface area contributed by atoms with Gasteiger partial charge in [-0.15, -0.1) is 0 Å². The molecule has 0 spiro atoms. The van der Waals surface area contributed by atoms with E-state index in [1.54, 1.807) is 4.68 Å². The molecule has 0 radical (unpaired) electrons. The van der Waals surface area contributed by atoms with Crippen molar-refractivity contribution in [1.29, 1.82) is 0 Å². The van der Waals surface area contributed by atoms with Crippen molar-refractivity contribution < 1.29 is 4.74 Å². The monoisotopic (exact) mass is 257 g/mol. The molecule has 0 aliphatic heterocycles. The number of hydrogen-bond acceptors (Lipinski definition) is 3. The van der Waals surface area contributed by atoms with Crippen LogP contribution in [-0.4, -0.2) is 21.9 Å². The predicted molar refractivity (Wildman–Crippen MR) is 68.0 cm³/mol. The van der Waals surface area contributed by atoms with Crippen molar-refractivity contribution in [2.75, 3.05) is 0 Å². The fourth-order valence-corrected chi connectivity index (χ4v) is 2.52. The van der Waals surface area contributed by atoms with Crippen LogP contribution in [0.1, 0.15) is 36.9 Å². The van der Waals surface area contributed by atoms with E-state index in [1.165, 1.54) is 0 Å². The lowest BCUT2D eigenvalue weighted by atomic mass is 9.94. The SMILES string of the molecule is Cc1nn(C)c(Cl)c1COC1CCC(N)CC1. The Bertz CT molecular complexity index is 383. The second-order valence-electron chi connectivity index (χ2n) is 4.83. The summed E-state index contributed by atoms with van der Waals surface area (Å²) in [6.07, 6.45) is 4.55. The molecule has 0 unspecified atom stereocenters. The molecular weight excluding hydrogens is 238 g/mol. The van der Waals surface area contributed by atoms with Gasteiger partial charge < -0.3 is 10.5 Å². The van der Waals surface area contributed by atoms with Crippen molar-refractivity contribution in [3.8, 4) is 0 Å². The maximum absolute atomic E-state index is 6.16. The van der Waals surface area contributed by atoms with E-state index in [2.05, 4.69) is 5.10 Å². The highest BCUT2D eigenvalue weighted by molar-refractivity contribution is 6.30. The topological polar surface area (TPSA) is 53.1 Å². The fraction of sp³-hybridized carbons (Fsp3) is 0.750. The molecule has 1 aromatic rings. The van der Waals surface area contributed by atoms with Crippen LogP contribution in [0.15, 0.2) is 0 Å². The third-order valence-corrected chi connectivity index (χ3v) is 3.92. The van der Waals surface area contributed by atoms with Crippen LogP contribution in [0, 0.1) is 6.92 Å². The molecule has 1 aliphatic rings. The van der Waals surface area contributed by atoms with Gasteiger partial charge in [-0.05, 0) is 32.6 Å². The van der Waals surface area contributed by atoms with Gasteiger partial charge in [-0.1, -0.05) is 11.6 Å². The van der Waals surface area contributed by atoms with Crippen molar-refractivity contribution in [3.05, 3.63) is 16.4 Å². The number of nitrogens with zero attached hydrogens (tertiary/aromatic N) is 2. The van der Waals surface area contributed by atoms with Gasteiger partial charge in [0.25, 0.3) is 0 Å². The lowest BCUT2D eigenvalue weighted by molar-refractivity contribution is 0.0136. The zero-order chi connectivity index (χ0) is 12.4. The lowest BCUT2D eigenvalue weighted by Crippen LogP contribution is -2.30. The van der Waals surface area contributed by atoms with Crippen LogP contribution in [0.2, 0.25) is 5.15 Å². The quantitative estimate of drug-likeness (QED) is 0.903. The number of hydrogen-bond donors (Lipinski definition) is 1. The minimum Gasteiger partial charge on any atom is -0.373 e. The molecular formula is C12H20ClN3O. The first-order valence-electron chi connectivity index (χ1n) is 6.13. The molecule has 0 atom stereocenters. The van der Waals surface area contributed by atoms with Crippen LogP contribution in [0.5, 0.6) is 0 Å². The van der Waals surface area contributed by atoms with Crippen LogP contribution < -0.4 is 5.73 Å². The Labute approximate surface area is 107 Å². The number of nitrogens with two attached hydrogens (primary N) is 1. The summed E-state index contributed by atoms with van der Waals surface area (Å²) >= 11 is 6.16. The molecule has 0 amide bonds. The Morgan fingerprint density at radius 1 is 1.41 bits per heavy atom. The van der Waals surface area contributed by atoms with Crippen LogP contribution >= 0.6 is 11.6 Å². The Morgan fingerprint density at radius 3 is 2.59 bits per heavy atom. The fourth-order valence-electron chi connectivity index (χ4n) is 2.29. The van der Waals surface area contributed by atoms with Gasteiger partial charge in [0.15, 0.2) is 0 Å². The zero-order valence-electron chi connectivity index (χ0n) is 10.4. The number of aromatic nitrogens is 2. The predicted octanol–water partition coefficient (Wildman–Crippen LogP) is 2.17. The molecule has 1 aliphatic carbocycles. The van der Waals surface area contributed by atoms with Gasteiger partial charge in [0.05, 0.1) is 18.4 Å². The Kier molecular flexibility index (Phi) is 4.07. The molecule has 4 nitrogen and oxygen atoms in total. The van der Waals surface area contributed by atoms with Gasteiger partial charge in [0.2, 0.25) is 0 Å². The molecule has 1 aromatic heterocycles. The van der Waals surface area contributed by atoms with Crippen molar-refractivity contribution >= 4 is 11.6 Å². The molecule has 96 valence electrons. The highest BCUT2D eigenvalue weighted by Crippen LogP contribution is 2.24.